The van der Waals surface area contributed by atoms with Gasteiger partial charge in [-0.1, -0.05) is 41.4 Å². The van der Waals surface area contributed by atoms with Crippen molar-refractivity contribution in [3.63, 3.8) is 0 Å². The van der Waals surface area contributed by atoms with E-state index in [0.717, 1.165) is 13.1 Å². The van der Waals surface area contributed by atoms with E-state index in [-0.39, 0.29) is 36.8 Å². The number of anilines is 1. The molecule has 1 atom stereocenters. The summed E-state index contributed by atoms with van der Waals surface area (Å²) >= 11 is 6.10. The molecule has 0 radical (unpaired) electrons. The van der Waals surface area contributed by atoms with Gasteiger partial charge in [-0.05, 0) is 44.5 Å². The minimum absolute atomic E-state index is 0. The molecule has 2 aromatic carbocycles. The van der Waals surface area contributed by atoms with E-state index in [9.17, 15) is 4.79 Å². The van der Waals surface area contributed by atoms with Gasteiger partial charge in [-0.25, -0.2) is 0 Å². The number of nitrogens with two attached hydrogens (primary N) is 1. The maximum absolute atomic E-state index is 12.8. The Bertz CT molecular complexity index is 810. The Labute approximate surface area is 189 Å². The van der Waals surface area contributed by atoms with Crippen molar-refractivity contribution in [1.29, 1.82) is 0 Å². The molecule has 0 saturated carbocycles. The number of nitrogens with one attached hydrogen (secondary N) is 1. The van der Waals surface area contributed by atoms with E-state index in [2.05, 4.69) is 41.4 Å². The molecule has 1 unspecified atom stereocenters. The third kappa shape index (κ3) is 6.16. The molecule has 1 heterocycles. The van der Waals surface area contributed by atoms with E-state index in [1.807, 2.05) is 0 Å². The van der Waals surface area contributed by atoms with Gasteiger partial charge in [-0.2, -0.15) is 0 Å². The molecule has 3 N–H and O–H groups in total. The van der Waals surface area contributed by atoms with Crippen LogP contribution in [0.1, 0.15) is 40.4 Å². The second kappa shape index (κ2) is 11.5. The molecule has 0 aliphatic carbocycles. The van der Waals surface area contributed by atoms with E-state index in [1.54, 1.807) is 12.1 Å². The summed E-state index contributed by atoms with van der Waals surface area (Å²) in [5.74, 6) is 0.201. The molecule has 1 aliphatic rings. The Balaban J connectivity index is 0.00000210. The van der Waals surface area contributed by atoms with Crippen molar-refractivity contribution in [2.75, 3.05) is 32.5 Å². The van der Waals surface area contributed by atoms with Gasteiger partial charge in [0.15, 0.2) is 0 Å². The number of likely N-dealkylation sites (tertiary alicyclic amines) is 1. The highest BCUT2D eigenvalue weighted by Crippen LogP contribution is 2.29. The lowest BCUT2D eigenvalue weighted by molar-refractivity contribution is 0.0935. The fourth-order valence-corrected chi connectivity index (χ4v) is 3.66. The number of nitrogen functional groups attached to an aromatic ring is 1. The summed E-state index contributed by atoms with van der Waals surface area (Å²) in [4.78, 5) is 15.2. The summed E-state index contributed by atoms with van der Waals surface area (Å²) < 4.78 is 5.30. The van der Waals surface area contributed by atoms with Crippen LogP contribution in [-0.4, -0.2) is 37.6 Å². The van der Waals surface area contributed by atoms with Gasteiger partial charge >= 0.3 is 0 Å². The SMILES string of the molecule is COc1cc(N)c(Cl)cc1C(=O)NCC(c1ccc(C)cc1)N1CCCC1.Cl.Cl. The fraction of sp³-hybridized carbons (Fsp3) is 0.381. The number of hydrogen-bond donors (Lipinski definition) is 2. The summed E-state index contributed by atoms with van der Waals surface area (Å²) in [6.45, 7) is 4.69. The van der Waals surface area contributed by atoms with Crippen LogP contribution in [-0.2, 0) is 0 Å². The molecule has 8 heteroatoms. The monoisotopic (exact) mass is 459 g/mol. The van der Waals surface area contributed by atoms with E-state index < -0.39 is 0 Å². The van der Waals surface area contributed by atoms with Crippen molar-refractivity contribution < 1.29 is 9.53 Å². The smallest absolute Gasteiger partial charge is 0.255 e. The average Bonchev–Trinajstić information content (AvgIpc) is 3.19. The number of benzene rings is 2. The molecular formula is C21H28Cl3N3O2. The first-order valence-electron chi connectivity index (χ1n) is 9.21. The quantitative estimate of drug-likeness (QED) is 0.616. The minimum atomic E-state index is -0.218. The predicted molar refractivity (Wildman–Crippen MR) is 124 cm³/mol. The van der Waals surface area contributed by atoms with Crippen LogP contribution < -0.4 is 15.8 Å². The van der Waals surface area contributed by atoms with Gasteiger partial charge in [0.1, 0.15) is 5.75 Å². The normalized spacial score (nSPS) is 14.4. The summed E-state index contributed by atoms with van der Waals surface area (Å²) in [5, 5.41) is 3.39. The first-order chi connectivity index (χ1) is 13.0. The number of rotatable bonds is 6. The molecular weight excluding hydrogens is 433 g/mol. The average molecular weight is 461 g/mol. The summed E-state index contributed by atoms with van der Waals surface area (Å²) in [5.41, 5.74) is 9.03. The number of carbonyl (C=O) groups excluding carboxylic acids is 1. The molecule has 1 aliphatic heterocycles. The lowest BCUT2D eigenvalue weighted by Crippen LogP contribution is -2.37. The summed E-state index contributed by atoms with van der Waals surface area (Å²) in [6, 6.07) is 11.8. The second-order valence-electron chi connectivity index (χ2n) is 6.95. The van der Waals surface area contributed by atoms with Crippen LogP contribution in [0.5, 0.6) is 5.75 Å². The zero-order valence-corrected chi connectivity index (χ0v) is 19.0. The largest absolute Gasteiger partial charge is 0.496 e. The molecule has 2 aromatic rings. The van der Waals surface area contributed by atoms with Gasteiger partial charge in [0.25, 0.3) is 5.91 Å². The summed E-state index contributed by atoms with van der Waals surface area (Å²) in [7, 11) is 1.51. The first kappa shape index (κ1) is 25.4. The van der Waals surface area contributed by atoms with Crippen molar-refractivity contribution in [3.05, 3.63) is 58.1 Å². The molecule has 1 fully saturated rings. The molecule has 5 nitrogen and oxygen atoms in total. The Morgan fingerprint density at radius 2 is 1.83 bits per heavy atom. The Kier molecular flexibility index (Phi) is 10.1. The topological polar surface area (TPSA) is 67.6 Å². The number of nitrogens with zero attached hydrogens (tertiary/aromatic N) is 1. The molecule has 0 bridgehead atoms. The zero-order chi connectivity index (χ0) is 19.4. The Morgan fingerprint density at radius 3 is 2.41 bits per heavy atom. The Hall–Kier alpha value is -1.66. The van der Waals surface area contributed by atoms with Crippen molar-refractivity contribution in [1.82, 2.24) is 10.2 Å². The third-order valence-electron chi connectivity index (χ3n) is 5.06. The number of ether oxygens (including phenoxy) is 1. The first-order valence-corrected chi connectivity index (χ1v) is 9.59. The molecule has 0 spiro atoms. The van der Waals surface area contributed by atoms with Crippen molar-refractivity contribution in [2.24, 2.45) is 0 Å². The molecule has 1 saturated heterocycles. The fourth-order valence-electron chi connectivity index (χ4n) is 3.50. The van der Waals surface area contributed by atoms with Gasteiger partial charge < -0.3 is 15.8 Å². The third-order valence-corrected chi connectivity index (χ3v) is 5.39. The van der Waals surface area contributed by atoms with E-state index in [0.29, 0.717) is 28.6 Å². The van der Waals surface area contributed by atoms with E-state index >= 15 is 0 Å². The van der Waals surface area contributed by atoms with Gasteiger partial charge in [-0.15, -0.1) is 24.8 Å². The van der Waals surface area contributed by atoms with Crippen LogP contribution in [0.15, 0.2) is 36.4 Å². The van der Waals surface area contributed by atoms with Crippen molar-refractivity contribution in [2.45, 2.75) is 25.8 Å². The lowest BCUT2D eigenvalue weighted by atomic mass is 10.0. The van der Waals surface area contributed by atoms with Gasteiger partial charge in [-0.3, -0.25) is 9.69 Å². The van der Waals surface area contributed by atoms with Gasteiger partial charge in [0.05, 0.1) is 29.4 Å². The number of amides is 1. The highest BCUT2D eigenvalue weighted by molar-refractivity contribution is 6.33. The van der Waals surface area contributed by atoms with E-state index in [1.165, 1.54) is 31.1 Å². The zero-order valence-electron chi connectivity index (χ0n) is 16.6. The number of hydrogen-bond acceptors (Lipinski definition) is 4. The molecule has 3 rings (SSSR count). The number of methoxy groups -OCH3 is 1. The molecule has 1 amide bonds. The van der Waals surface area contributed by atoms with Gasteiger partial charge in [0.2, 0.25) is 0 Å². The van der Waals surface area contributed by atoms with Crippen LogP contribution in [0.4, 0.5) is 5.69 Å². The summed E-state index contributed by atoms with van der Waals surface area (Å²) in [6.07, 6.45) is 2.38. The van der Waals surface area contributed by atoms with Crippen LogP contribution in [0, 0.1) is 6.92 Å². The second-order valence-corrected chi connectivity index (χ2v) is 7.36. The molecule has 29 heavy (non-hydrogen) atoms. The van der Waals surface area contributed by atoms with Crippen LogP contribution in [0.2, 0.25) is 5.02 Å². The standard InChI is InChI=1S/C21H26ClN3O2.2ClH/c1-14-5-7-15(8-6-14)19(25-9-3-4-10-25)13-24-21(26)16-11-17(22)18(23)12-20(16)27-2;;/h5-8,11-12,19H,3-4,9-10,13,23H2,1-2H3,(H,24,26);2*1H. The number of aryl methyl sites for hydroxylation is 1. The lowest BCUT2D eigenvalue weighted by Gasteiger charge is -2.28. The number of carbonyl (C=O) groups is 1. The van der Waals surface area contributed by atoms with Crippen LogP contribution in [0.3, 0.4) is 0 Å². The van der Waals surface area contributed by atoms with Gasteiger partial charge in [0, 0.05) is 12.6 Å². The van der Waals surface area contributed by atoms with Crippen LogP contribution in [0.25, 0.3) is 0 Å². The van der Waals surface area contributed by atoms with E-state index in [4.69, 9.17) is 22.1 Å². The van der Waals surface area contributed by atoms with Crippen LogP contribution >= 0.6 is 36.4 Å². The Morgan fingerprint density at radius 1 is 1.21 bits per heavy atom. The maximum Gasteiger partial charge on any atom is 0.255 e. The highest BCUT2D eigenvalue weighted by atomic mass is 35.5. The van der Waals surface area contributed by atoms with Crippen molar-refractivity contribution in [3.8, 4) is 5.75 Å². The molecule has 0 aromatic heterocycles. The minimum Gasteiger partial charge on any atom is -0.496 e. The molecule has 160 valence electrons. The predicted octanol–water partition coefficient (Wildman–Crippen LogP) is 4.65. The number of halogens is 3. The maximum atomic E-state index is 12.8. The van der Waals surface area contributed by atoms with Crippen molar-refractivity contribution >= 4 is 48.0 Å². The highest BCUT2D eigenvalue weighted by Gasteiger charge is 2.25.